The van der Waals surface area contributed by atoms with Gasteiger partial charge in [0.2, 0.25) is 0 Å². The number of nitrogens with one attached hydrogen (secondary N) is 1. The minimum Gasteiger partial charge on any atom is -0.394 e. The molecule has 0 fully saturated rings. The molecule has 2 rings (SSSR count). The maximum Gasteiger partial charge on any atom is 0.0633 e. The first-order valence-corrected chi connectivity index (χ1v) is 7.30. The number of aliphatic hydroxyl groups is 2. The molecule has 1 aromatic heterocycles. The molecular weight excluding hydrogens is 258 g/mol. The van der Waals surface area contributed by atoms with E-state index < -0.39 is 5.54 Å². The lowest BCUT2D eigenvalue weighted by Gasteiger charge is -2.30. The first kappa shape index (κ1) is 14.5. The van der Waals surface area contributed by atoms with Gasteiger partial charge < -0.3 is 15.5 Å². The van der Waals surface area contributed by atoms with Crippen molar-refractivity contribution < 1.29 is 10.2 Å². The van der Waals surface area contributed by atoms with Crippen LogP contribution in [0.15, 0.2) is 24.3 Å². The van der Waals surface area contributed by atoms with E-state index in [4.69, 9.17) is 0 Å². The molecule has 0 radical (unpaired) electrons. The Morgan fingerprint density at radius 2 is 1.89 bits per heavy atom. The van der Waals surface area contributed by atoms with Crippen molar-refractivity contribution in [2.45, 2.75) is 32.4 Å². The number of benzene rings is 1. The fraction of sp³-hybridized carbons (Fsp3) is 0.467. The molecule has 104 valence electrons. The fourth-order valence-corrected chi connectivity index (χ4v) is 3.55. The molecule has 1 unspecified atom stereocenters. The first-order chi connectivity index (χ1) is 9.00. The second-order valence-corrected chi connectivity index (χ2v) is 6.41. The van der Waals surface area contributed by atoms with Crippen LogP contribution in [-0.2, 0) is 0 Å². The minimum absolute atomic E-state index is 0.0855. The van der Waals surface area contributed by atoms with Crippen LogP contribution < -0.4 is 5.32 Å². The Morgan fingerprint density at radius 3 is 2.47 bits per heavy atom. The van der Waals surface area contributed by atoms with Crippen LogP contribution >= 0.6 is 11.3 Å². The summed E-state index contributed by atoms with van der Waals surface area (Å²) in [6.45, 7) is 5.85. The Labute approximate surface area is 117 Å². The van der Waals surface area contributed by atoms with Gasteiger partial charge in [-0.15, -0.1) is 11.3 Å². The topological polar surface area (TPSA) is 52.5 Å². The highest BCUT2D eigenvalue weighted by molar-refractivity contribution is 7.19. The highest BCUT2D eigenvalue weighted by atomic mass is 32.1. The monoisotopic (exact) mass is 279 g/mol. The zero-order chi connectivity index (χ0) is 14.0. The second kappa shape index (κ2) is 5.59. The number of hydrogen-bond acceptors (Lipinski definition) is 4. The molecule has 3 N–H and O–H groups in total. The van der Waals surface area contributed by atoms with Crippen LogP contribution in [0.4, 0.5) is 0 Å². The number of aryl methyl sites for hydroxylation is 1. The lowest BCUT2D eigenvalue weighted by molar-refractivity contribution is 0.0960. The third-order valence-corrected chi connectivity index (χ3v) is 4.99. The van der Waals surface area contributed by atoms with Crippen LogP contribution in [0, 0.1) is 6.92 Å². The molecule has 2 aromatic rings. The van der Waals surface area contributed by atoms with Gasteiger partial charge >= 0.3 is 0 Å². The SMILES string of the molecule is Cc1c(C(C)NC(C)(CO)CO)sc2ccccc12. The van der Waals surface area contributed by atoms with E-state index in [1.165, 1.54) is 20.5 Å². The summed E-state index contributed by atoms with van der Waals surface area (Å²) in [7, 11) is 0. The van der Waals surface area contributed by atoms with Crippen molar-refractivity contribution in [3.8, 4) is 0 Å². The number of rotatable bonds is 5. The van der Waals surface area contributed by atoms with Gasteiger partial charge in [0.05, 0.1) is 18.8 Å². The Morgan fingerprint density at radius 1 is 1.26 bits per heavy atom. The molecule has 4 heteroatoms. The summed E-state index contributed by atoms with van der Waals surface area (Å²) in [4.78, 5) is 1.26. The van der Waals surface area contributed by atoms with Gasteiger partial charge in [-0.05, 0) is 37.8 Å². The van der Waals surface area contributed by atoms with E-state index >= 15 is 0 Å². The van der Waals surface area contributed by atoms with Gasteiger partial charge in [0.1, 0.15) is 0 Å². The summed E-state index contributed by atoms with van der Waals surface area (Å²) in [6, 6.07) is 8.46. The largest absolute Gasteiger partial charge is 0.394 e. The summed E-state index contributed by atoms with van der Waals surface area (Å²) in [5, 5.41) is 23.3. The smallest absolute Gasteiger partial charge is 0.0633 e. The maximum absolute atomic E-state index is 9.37. The average Bonchev–Trinajstić information content (AvgIpc) is 2.76. The number of fused-ring (bicyclic) bond motifs is 1. The van der Waals surface area contributed by atoms with Crippen molar-refractivity contribution in [1.82, 2.24) is 5.32 Å². The van der Waals surface area contributed by atoms with Crippen LogP contribution in [0.5, 0.6) is 0 Å². The molecule has 0 spiro atoms. The van der Waals surface area contributed by atoms with E-state index in [0.717, 1.165) is 0 Å². The van der Waals surface area contributed by atoms with Gasteiger partial charge in [-0.2, -0.15) is 0 Å². The maximum atomic E-state index is 9.37. The van der Waals surface area contributed by atoms with Crippen LogP contribution in [0.1, 0.15) is 30.3 Å². The van der Waals surface area contributed by atoms with Crippen molar-refractivity contribution in [3.63, 3.8) is 0 Å². The van der Waals surface area contributed by atoms with Crippen molar-refractivity contribution in [1.29, 1.82) is 0 Å². The van der Waals surface area contributed by atoms with Gasteiger partial charge in [-0.1, -0.05) is 18.2 Å². The van der Waals surface area contributed by atoms with E-state index in [1.807, 2.05) is 13.0 Å². The standard InChI is InChI=1S/C15H21NO2S/c1-10-12-6-4-5-7-13(12)19-14(10)11(2)16-15(3,8-17)9-18/h4-7,11,16-18H,8-9H2,1-3H3. The first-order valence-electron chi connectivity index (χ1n) is 6.48. The van der Waals surface area contributed by atoms with E-state index in [-0.39, 0.29) is 19.3 Å². The molecule has 3 nitrogen and oxygen atoms in total. The molecule has 1 atom stereocenters. The van der Waals surface area contributed by atoms with E-state index in [1.54, 1.807) is 11.3 Å². The van der Waals surface area contributed by atoms with Gasteiger partial charge in [0.15, 0.2) is 0 Å². The Balaban J connectivity index is 2.31. The molecule has 0 saturated heterocycles. The number of aliphatic hydroxyl groups excluding tert-OH is 2. The Bertz CT molecular complexity index is 560. The number of hydrogen-bond donors (Lipinski definition) is 3. The second-order valence-electron chi connectivity index (χ2n) is 5.33. The molecule has 0 saturated carbocycles. The molecule has 0 amide bonds. The number of thiophene rings is 1. The van der Waals surface area contributed by atoms with Crippen molar-refractivity contribution in [2.24, 2.45) is 0 Å². The molecule has 0 aliphatic carbocycles. The lowest BCUT2D eigenvalue weighted by atomic mass is 10.0. The summed E-state index contributed by atoms with van der Waals surface area (Å²) in [5.74, 6) is 0. The summed E-state index contributed by atoms with van der Waals surface area (Å²) >= 11 is 1.77. The normalized spacial score (nSPS) is 13.9. The predicted molar refractivity (Wildman–Crippen MR) is 80.7 cm³/mol. The predicted octanol–water partition coefficient (Wildman–Crippen LogP) is 2.60. The van der Waals surface area contributed by atoms with E-state index in [2.05, 4.69) is 37.4 Å². The zero-order valence-electron chi connectivity index (χ0n) is 11.6. The molecule has 19 heavy (non-hydrogen) atoms. The minimum atomic E-state index is -0.651. The summed E-state index contributed by atoms with van der Waals surface area (Å²) in [5.41, 5.74) is 0.626. The molecule has 1 aromatic carbocycles. The van der Waals surface area contributed by atoms with E-state index in [0.29, 0.717) is 0 Å². The van der Waals surface area contributed by atoms with Gasteiger partial charge in [-0.25, -0.2) is 0 Å². The van der Waals surface area contributed by atoms with Crippen LogP contribution in [0.2, 0.25) is 0 Å². The third kappa shape index (κ3) is 2.82. The van der Waals surface area contributed by atoms with Gasteiger partial charge in [0.25, 0.3) is 0 Å². The summed E-state index contributed by atoms with van der Waals surface area (Å²) in [6.07, 6.45) is 0. The quantitative estimate of drug-likeness (QED) is 0.788. The van der Waals surface area contributed by atoms with Crippen molar-refractivity contribution in [3.05, 3.63) is 34.7 Å². The average molecular weight is 279 g/mol. The van der Waals surface area contributed by atoms with Crippen LogP contribution in [-0.4, -0.2) is 29.0 Å². The Kier molecular flexibility index (Phi) is 4.26. The van der Waals surface area contributed by atoms with Crippen molar-refractivity contribution >= 4 is 21.4 Å². The third-order valence-electron chi connectivity index (χ3n) is 3.54. The van der Waals surface area contributed by atoms with Crippen LogP contribution in [0.25, 0.3) is 10.1 Å². The fourth-order valence-electron chi connectivity index (χ4n) is 2.34. The molecular formula is C15H21NO2S. The highest BCUT2D eigenvalue weighted by Crippen LogP contribution is 2.35. The molecule has 0 bridgehead atoms. The van der Waals surface area contributed by atoms with Crippen molar-refractivity contribution in [2.75, 3.05) is 13.2 Å². The van der Waals surface area contributed by atoms with Gasteiger partial charge in [0, 0.05) is 15.6 Å². The van der Waals surface area contributed by atoms with Gasteiger partial charge in [-0.3, -0.25) is 0 Å². The van der Waals surface area contributed by atoms with Crippen LogP contribution in [0.3, 0.4) is 0 Å². The summed E-state index contributed by atoms with van der Waals surface area (Å²) < 4.78 is 1.28. The molecule has 0 aliphatic heterocycles. The highest BCUT2D eigenvalue weighted by Gasteiger charge is 2.26. The van der Waals surface area contributed by atoms with E-state index in [9.17, 15) is 10.2 Å². The lowest BCUT2D eigenvalue weighted by Crippen LogP contribution is -2.49. The zero-order valence-corrected chi connectivity index (χ0v) is 12.4. The molecule has 0 aliphatic rings. The molecule has 1 heterocycles. The Hall–Kier alpha value is -0.940.